The molecule has 2 amide bonds. The highest BCUT2D eigenvalue weighted by Gasteiger charge is 2.29. The van der Waals surface area contributed by atoms with Gasteiger partial charge in [-0.05, 0) is 41.6 Å². The molecule has 0 aliphatic rings. The van der Waals surface area contributed by atoms with Crippen molar-refractivity contribution in [1.29, 1.82) is 0 Å². The molecule has 0 saturated heterocycles. The van der Waals surface area contributed by atoms with Crippen molar-refractivity contribution < 1.29 is 18.0 Å². The van der Waals surface area contributed by atoms with Gasteiger partial charge in [-0.2, -0.15) is 13.2 Å². The molecule has 1 heterocycles. The van der Waals surface area contributed by atoms with Crippen LogP contribution in [-0.4, -0.2) is 18.0 Å². The zero-order valence-electron chi connectivity index (χ0n) is 12.8. The molecule has 0 saturated carbocycles. The summed E-state index contributed by atoms with van der Waals surface area (Å²) in [5, 5.41) is 4.67. The van der Waals surface area contributed by atoms with E-state index < -0.39 is 11.7 Å². The molecule has 0 aliphatic heterocycles. The van der Waals surface area contributed by atoms with Crippen LogP contribution in [-0.2, 0) is 19.3 Å². The number of carbonyl (C=O) groups excluding carboxylic acids is 1. The molecule has 0 bridgehead atoms. The maximum absolute atomic E-state index is 12.5. The average molecular weight is 342 g/mol. The van der Waals surface area contributed by atoms with E-state index in [-0.39, 0.29) is 12.6 Å². The molecule has 23 heavy (non-hydrogen) atoms. The van der Waals surface area contributed by atoms with Gasteiger partial charge >= 0.3 is 12.2 Å². The molecule has 2 rings (SSSR count). The quantitative estimate of drug-likeness (QED) is 0.877. The molecule has 124 valence electrons. The van der Waals surface area contributed by atoms with Gasteiger partial charge in [0.1, 0.15) is 0 Å². The van der Waals surface area contributed by atoms with Gasteiger partial charge in [0.2, 0.25) is 0 Å². The third-order valence-electron chi connectivity index (χ3n) is 3.42. The van der Waals surface area contributed by atoms with Crippen LogP contribution in [0.15, 0.2) is 35.7 Å². The van der Waals surface area contributed by atoms with E-state index in [1.165, 1.54) is 12.1 Å². The van der Waals surface area contributed by atoms with Crippen LogP contribution in [0.1, 0.15) is 21.6 Å². The second kappa shape index (κ2) is 7.04. The van der Waals surface area contributed by atoms with E-state index in [0.717, 1.165) is 22.6 Å². The van der Waals surface area contributed by atoms with Crippen LogP contribution in [0.3, 0.4) is 0 Å². The highest BCUT2D eigenvalue weighted by Crippen LogP contribution is 2.29. The Kier molecular flexibility index (Phi) is 5.30. The van der Waals surface area contributed by atoms with Gasteiger partial charge in [0.25, 0.3) is 0 Å². The first-order valence-corrected chi connectivity index (χ1v) is 7.83. The topological polar surface area (TPSA) is 32.3 Å². The number of benzene rings is 1. The van der Waals surface area contributed by atoms with Crippen molar-refractivity contribution in [3.05, 3.63) is 57.3 Å². The molecule has 1 aromatic carbocycles. The van der Waals surface area contributed by atoms with E-state index in [4.69, 9.17) is 0 Å². The summed E-state index contributed by atoms with van der Waals surface area (Å²) in [7, 11) is 1.68. The van der Waals surface area contributed by atoms with Crippen LogP contribution in [0.25, 0.3) is 0 Å². The minimum absolute atomic E-state index is 0.185. The lowest BCUT2D eigenvalue weighted by Gasteiger charge is -2.18. The number of urea groups is 1. The van der Waals surface area contributed by atoms with Crippen LogP contribution in [0.5, 0.6) is 0 Å². The van der Waals surface area contributed by atoms with Crippen molar-refractivity contribution >= 4 is 17.4 Å². The van der Waals surface area contributed by atoms with Crippen LogP contribution in [0, 0.1) is 6.92 Å². The van der Waals surface area contributed by atoms with Crippen LogP contribution in [0.4, 0.5) is 18.0 Å². The third-order valence-corrected chi connectivity index (χ3v) is 4.43. The van der Waals surface area contributed by atoms with Gasteiger partial charge in [0.05, 0.1) is 12.1 Å². The lowest BCUT2D eigenvalue weighted by Crippen LogP contribution is -2.36. The maximum atomic E-state index is 12.5. The van der Waals surface area contributed by atoms with E-state index in [1.54, 1.807) is 23.3 Å². The predicted octanol–water partition coefficient (Wildman–Crippen LogP) is 4.42. The molecule has 1 N–H and O–H groups in total. The molecular formula is C16H17F3N2OS. The molecular weight excluding hydrogens is 325 g/mol. The Balaban J connectivity index is 1.87. The number of aryl methyl sites for hydroxylation is 1. The number of hydrogen-bond donors (Lipinski definition) is 1. The summed E-state index contributed by atoms with van der Waals surface area (Å²) in [4.78, 5) is 14.7. The number of amides is 2. The third kappa shape index (κ3) is 4.72. The van der Waals surface area contributed by atoms with Gasteiger partial charge < -0.3 is 10.2 Å². The zero-order valence-corrected chi connectivity index (χ0v) is 13.6. The average Bonchev–Trinajstić information content (AvgIpc) is 2.89. The van der Waals surface area contributed by atoms with Gasteiger partial charge in [-0.3, -0.25) is 0 Å². The first-order valence-electron chi connectivity index (χ1n) is 6.95. The first kappa shape index (κ1) is 17.3. The molecule has 0 fully saturated rings. The van der Waals surface area contributed by atoms with Crippen molar-refractivity contribution in [2.75, 3.05) is 7.05 Å². The Bertz CT molecular complexity index is 665. The molecule has 0 aliphatic carbocycles. The molecule has 7 heteroatoms. The lowest BCUT2D eigenvalue weighted by molar-refractivity contribution is -0.137. The summed E-state index contributed by atoms with van der Waals surface area (Å²) in [6.07, 6.45) is -4.35. The molecule has 3 nitrogen and oxygen atoms in total. The van der Waals surface area contributed by atoms with Gasteiger partial charge in [-0.1, -0.05) is 12.1 Å². The minimum atomic E-state index is -4.35. The summed E-state index contributed by atoms with van der Waals surface area (Å²) < 4.78 is 37.4. The predicted molar refractivity (Wildman–Crippen MR) is 84.2 cm³/mol. The largest absolute Gasteiger partial charge is 0.416 e. The van der Waals surface area contributed by atoms with Crippen LogP contribution in [0.2, 0.25) is 0 Å². The van der Waals surface area contributed by atoms with Gasteiger partial charge in [0, 0.05) is 18.5 Å². The Labute approximate surface area is 136 Å². The molecule has 0 unspecified atom stereocenters. The second-order valence-corrected chi connectivity index (χ2v) is 6.24. The maximum Gasteiger partial charge on any atom is 0.416 e. The van der Waals surface area contributed by atoms with Gasteiger partial charge in [-0.25, -0.2) is 4.79 Å². The number of alkyl halides is 3. The van der Waals surface area contributed by atoms with Gasteiger partial charge in [0.15, 0.2) is 0 Å². The Morgan fingerprint density at radius 3 is 2.39 bits per heavy atom. The number of nitrogens with zero attached hydrogens (tertiary/aromatic N) is 1. The Hall–Kier alpha value is -2.02. The van der Waals surface area contributed by atoms with E-state index in [9.17, 15) is 18.0 Å². The molecule has 1 aromatic heterocycles. The smallest absolute Gasteiger partial charge is 0.334 e. The van der Waals surface area contributed by atoms with Crippen molar-refractivity contribution in [2.45, 2.75) is 26.2 Å². The van der Waals surface area contributed by atoms with E-state index in [1.807, 2.05) is 18.4 Å². The highest BCUT2D eigenvalue weighted by molar-refractivity contribution is 7.10. The number of nitrogens with one attached hydrogen (secondary N) is 1. The van der Waals surface area contributed by atoms with Crippen LogP contribution >= 0.6 is 11.3 Å². The summed E-state index contributed by atoms with van der Waals surface area (Å²) in [6, 6.07) is 6.49. The number of carbonyl (C=O) groups is 1. The van der Waals surface area contributed by atoms with Gasteiger partial charge in [-0.15, -0.1) is 11.3 Å². The molecule has 0 radical (unpaired) electrons. The van der Waals surface area contributed by atoms with Crippen molar-refractivity contribution in [3.8, 4) is 0 Å². The summed E-state index contributed by atoms with van der Waals surface area (Å²) >= 11 is 1.59. The van der Waals surface area contributed by atoms with Crippen LogP contribution < -0.4 is 5.32 Å². The first-order chi connectivity index (χ1) is 10.8. The minimum Gasteiger partial charge on any atom is -0.334 e. The highest BCUT2D eigenvalue weighted by atomic mass is 32.1. The Morgan fingerprint density at radius 1 is 1.22 bits per heavy atom. The summed E-state index contributed by atoms with van der Waals surface area (Å²) in [6.45, 7) is 2.67. The van der Waals surface area contributed by atoms with Crippen molar-refractivity contribution in [1.82, 2.24) is 10.2 Å². The number of halogens is 3. The van der Waals surface area contributed by atoms with E-state index in [0.29, 0.717) is 12.1 Å². The number of rotatable bonds is 4. The number of thiophene rings is 1. The molecule has 0 spiro atoms. The van der Waals surface area contributed by atoms with Crippen molar-refractivity contribution in [3.63, 3.8) is 0 Å². The summed E-state index contributed by atoms with van der Waals surface area (Å²) in [5.41, 5.74) is 1.06. The van der Waals surface area contributed by atoms with E-state index >= 15 is 0 Å². The summed E-state index contributed by atoms with van der Waals surface area (Å²) in [5.74, 6) is 0. The fourth-order valence-corrected chi connectivity index (χ4v) is 2.94. The zero-order chi connectivity index (χ0) is 17.0. The normalized spacial score (nSPS) is 11.3. The SMILES string of the molecule is Cc1ccsc1CN(C)C(=O)NCc1ccc(C(F)(F)F)cc1. The second-order valence-electron chi connectivity index (χ2n) is 5.24. The molecule has 0 atom stereocenters. The molecule has 2 aromatic rings. The van der Waals surface area contributed by atoms with Crippen molar-refractivity contribution in [2.24, 2.45) is 0 Å². The van der Waals surface area contributed by atoms with E-state index in [2.05, 4.69) is 5.32 Å². The Morgan fingerprint density at radius 2 is 1.87 bits per heavy atom. The fraction of sp³-hybridized carbons (Fsp3) is 0.312. The lowest BCUT2D eigenvalue weighted by atomic mass is 10.1. The monoisotopic (exact) mass is 342 g/mol. The standard InChI is InChI=1S/C16H17F3N2OS/c1-11-7-8-23-14(11)10-21(2)15(22)20-9-12-3-5-13(6-4-12)16(17,18)19/h3-8H,9-10H2,1-2H3,(H,20,22). The fourth-order valence-electron chi connectivity index (χ4n) is 1.98. The number of hydrogen-bond acceptors (Lipinski definition) is 2.